The number of ether oxygens (including phenoxy) is 2. The Bertz CT molecular complexity index is 944. The third-order valence-electron chi connectivity index (χ3n) is 3.80. The first-order valence-corrected chi connectivity index (χ1v) is 7.28. The number of aromatic hydroxyl groups is 1. The molecule has 1 aliphatic carbocycles. The maximum absolute atomic E-state index is 13.1. The molecule has 0 saturated carbocycles. The summed E-state index contributed by atoms with van der Waals surface area (Å²) in [5.41, 5.74) is -1.15. The molecule has 0 heterocycles. The molecule has 1 N–H and O–H groups in total. The fraction of sp³-hybridized carbons (Fsp3) is 0.111. The van der Waals surface area contributed by atoms with Crippen LogP contribution in [0.5, 0.6) is 5.75 Å². The molecule has 26 heavy (non-hydrogen) atoms. The first-order chi connectivity index (χ1) is 12.2. The normalized spacial score (nSPS) is 12.5. The zero-order valence-electron chi connectivity index (χ0n) is 13.3. The van der Waals surface area contributed by atoms with Crippen LogP contribution in [0, 0.1) is 0 Å². The van der Waals surface area contributed by atoms with Gasteiger partial charge in [0.1, 0.15) is 11.5 Å². The number of benzene rings is 2. The fourth-order valence-corrected chi connectivity index (χ4v) is 2.55. The van der Waals surface area contributed by atoms with E-state index in [1.807, 2.05) is 0 Å². The number of carbonyl (C=O) groups is 2. The van der Waals surface area contributed by atoms with Gasteiger partial charge in [-0.2, -0.15) is 13.2 Å². The molecule has 0 aromatic heterocycles. The van der Waals surface area contributed by atoms with Gasteiger partial charge in [0.15, 0.2) is 5.78 Å². The average Bonchev–Trinajstić information content (AvgIpc) is 2.59. The minimum Gasteiger partial charge on any atom is -0.507 e. The molecule has 0 spiro atoms. The predicted octanol–water partition coefficient (Wildman–Crippen LogP) is 4.24. The monoisotopic (exact) mass is 364 g/mol. The molecule has 0 amide bonds. The lowest BCUT2D eigenvalue weighted by molar-refractivity contribution is -0.137. The van der Waals surface area contributed by atoms with Crippen molar-refractivity contribution in [2.24, 2.45) is 0 Å². The first-order valence-electron chi connectivity index (χ1n) is 7.28. The molecule has 0 atom stereocenters. The molecule has 0 radical (unpaired) electrons. The largest absolute Gasteiger partial charge is 0.513 e. The summed E-state index contributed by atoms with van der Waals surface area (Å²) in [7, 11) is 1.12. The Morgan fingerprint density at radius 2 is 1.77 bits per heavy atom. The van der Waals surface area contributed by atoms with Crippen LogP contribution in [0.3, 0.4) is 0 Å². The molecule has 0 saturated heterocycles. The molecule has 134 valence electrons. The highest BCUT2D eigenvalue weighted by atomic mass is 19.4. The lowest BCUT2D eigenvalue weighted by atomic mass is 9.89. The number of rotatable bonds is 3. The van der Waals surface area contributed by atoms with E-state index in [1.165, 1.54) is 24.3 Å². The summed E-state index contributed by atoms with van der Waals surface area (Å²) in [5, 5.41) is 10.1. The number of hydrogen-bond acceptors (Lipinski definition) is 5. The Balaban J connectivity index is 1.97. The summed E-state index contributed by atoms with van der Waals surface area (Å²) < 4.78 is 48.5. The molecular formula is C18H11F3O5. The summed E-state index contributed by atoms with van der Waals surface area (Å²) in [4.78, 5) is 23.6. The van der Waals surface area contributed by atoms with Crippen molar-refractivity contribution in [1.82, 2.24) is 0 Å². The SMILES string of the molecule is COC(=O)OC1=Cc2cc(C(=O)c3ccccc3C(F)(F)F)c(O)cc21. The van der Waals surface area contributed by atoms with Crippen LogP contribution in [-0.2, 0) is 15.7 Å². The third kappa shape index (κ3) is 3.01. The van der Waals surface area contributed by atoms with E-state index in [9.17, 15) is 27.9 Å². The van der Waals surface area contributed by atoms with Gasteiger partial charge >= 0.3 is 12.3 Å². The molecular weight excluding hydrogens is 353 g/mol. The second-order valence-electron chi connectivity index (χ2n) is 5.39. The second-order valence-corrected chi connectivity index (χ2v) is 5.39. The van der Waals surface area contributed by atoms with Crippen LogP contribution in [0.1, 0.15) is 32.6 Å². The van der Waals surface area contributed by atoms with E-state index in [0.717, 1.165) is 25.3 Å². The van der Waals surface area contributed by atoms with Crippen molar-refractivity contribution in [2.75, 3.05) is 7.11 Å². The smallest absolute Gasteiger partial charge is 0.507 e. The maximum atomic E-state index is 13.1. The highest BCUT2D eigenvalue weighted by Crippen LogP contribution is 2.39. The van der Waals surface area contributed by atoms with Crippen molar-refractivity contribution >= 4 is 23.8 Å². The van der Waals surface area contributed by atoms with Gasteiger partial charge in [-0.1, -0.05) is 18.2 Å². The topological polar surface area (TPSA) is 72.8 Å². The van der Waals surface area contributed by atoms with Crippen LogP contribution >= 0.6 is 0 Å². The van der Waals surface area contributed by atoms with E-state index < -0.39 is 35.0 Å². The summed E-state index contributed by atoms with van der Waals surface area (Å²) in [6.07, 6.45) is -4.26. The third-order valence-corrected chi connectivity index (χ3v) is 3.80. The molecule has 0 unspecified atom stereocenters. The summed E-state index contributed by atoms with van der Waals surface area (Å²) >= 11 is 0. The Labute approximate surface area is 145 Å². The first kappa shape index (κ1) is 17.5. The van der Waals surface area contributed by atoms with E-state index in [2.05, 4.69) is 4.74 Å². The van der Waals surface area contributed by atoms with Crippen LogP contribution in [0.4, 0.5) is 18.0 Å². The highest BCUT2D eigenvalue weighted by molar-refractivity contribution is 6.13. The lowest BCUT2D eigenvalue weighted by Gasteiger charge is -2.20. The van der Waals surface area contributed by atoms with Crippen LogP contribution in [0.25, 0.3) is 11.8 Å². The molecule has 0 bridgehead atoms. The predicted molar refractivity (Wildman–Crippen MR) is 84.3 cm³/mol. The zero-order valence-corrected chi connectivity index (χ0v) is 13.3. The minimum atomic E-state index is -4.71. The molecule has 0 aliphatic heterocycles. The number of halogens is 3. The fourth-order valence-electron chi connectivity index (χ4n) is 2.55. The average molecular weight is 364 g/mol. The molecule has 2 aromatic carbocycles. The van der Waals surface area contributed by atoms with Gasteiger partial charge in [0.25, 0.3) is 0 Å². The highest BCUT2D eigenvalue weighted by Gasteiger charge is 2.36. The van der Waals surface area contributed by atoms with Gasteiger partial charge in [-0.15, -0.1) is 0 Å². The van der Waals surface area contributed by atoms with Crippen molar-refractivity contribution in [3.05, 3.63) is 64.2 Å². The summed E-state index contributed by atoms with van der Waals surface area (Å²) in [5.74, 6) is -1.37. The Kier molecular flexibility index (Phi) is 4.19. The van der Waals surface area contributed by atoms with Gasteiger partial charge in [-0.3, -0.25) is 4.79 Å². The van der Waals surface area contributed by atoms with E-state index in [0.29, 0.717) is 11.1 Å². The number of ketones is 1. The minimum absolute atomic E-state index is 0.122. The van der Waals surface area contributed by atoms with Gasteiger partial charge in [0, 0.05) is 11.1 Å². The molecule has 5 nitrogen and oxygen atoms in total. The number of methoxy groups -OCH3 is 1. The van der Waals surface area contributed by atoms with Crippen molar-refractivity contribution in [1.29, 1.82) is 0 Å². The van der Waals surface area contributed by atoms with E-state index in [4.69, 9.17) is 4.74 Å². The Morgan fingerprint density at radius 3 is 2.42 bits per heavy atom. The number of hydrogen-bond donors (Lipinski definition) is 1. The van der Waals surface area contributed by atoms with Crippen molar-refractivity contribution in [3.63, 3.8) is 0 Å². The van der Waals surface area contributed by atoms with Crippen LogP contribution in [0.15, 0.2) is 36.4 Å². The lowest BCUT2D eigenvalue weighted by Crippen LogP contribution is -2.15. The van der Waals surface area contributed by atoms with Crippen molar-refractivity contribution in [3.8, 4) is 5.75 Å². The molecule has 0 fully saturated rings. The molecule has 3 rings (SSSR count). The Hall–Kier alpha value is -3.29. The second kappa shape index (κ2) is 6.21. The standard InChI is InChI=1S/C18H11F3O5/c1-25-17(24)26-15-7-9-6-12(14(22)8-11(9)15)16(23)10-4-2-3-5-13(10)18(19,20)21/h2-8,22H,1H3. The number of carbonyl (C=O) groups excluding carboxylic acids is 2. The number of alkyl halides is 3. The van der Waals surface area contributed by atoms with E-state index in [1.54, 1.807) is 0 Å². The maximum Gasteiger partial charge on any atom is 0.513 e. The van der Waals surface area contributed by atoms with Crippen LogP contribution in [0.2, 0.25) is 0 Å². The van der Waals surface area contributed by atoms with Crippen LogP contribution in [-0.4, -0.2) is 24.2 Å². The van der Waals surface area contributed by atoms with Crippen LogP contribution < -0.4 is 0 Å². The molecule has 1 aliphatic rings. The van der Waals surface area contributed by atoms with Gasteiger partial charge < -0.3 is 14.6 Å². The van der Waals surface area contributed by atoms with Gasteiger partial charge in [0.2, 0.25) is 0 Å². The number of phenolic OH excluding ortho intramolecular Hbond substituents is 1. The number of phenols is 1. The molecule has 2 aromatic rings. The summed E-state index contributed by atoms with van der Waals surface area (Å²) in [6.45, 7) is 0. The summed E-state index contributed by atoms with van der Waals surface area (Å²) in [6, 6.07) is 6.72. The number of fused-ring (bicyclic) bond motifs is 1. The Morgan fingerprint density at radius 1 is 1.08 bits per heavy atom. The molecule has 8 heteroatoms. The van der Waals surface area contributed by atoms with Crippen molar-refractivity contribution < 1.29 is 37.3 Å². The van der Waals surface area contributed by atoms with E-state index >= 15 is 0 Å². The zero-order chi connectivity index (χ0) is 19.1. The quantitative estimate of drug-likeness (QED) is 0.652. The van der Waals surface area contributed by atoms with Gasteiger partial charge in [-0.05, 0) is 29.8 Å². The van der Waals surface area contributed by atoms with Gasteiger partial charge in [-0.25, -0.2) is 4.79 Å². The van der Waals surface area contributed by atoms with Gasteiger partial charge in [0.05, 0.1) is 18.2 Å². The van der Waals surface area contributed by atoms with E-state index in [-0.39, 0.29) is 11.3 Å². The van der Waals surface area contributed by atoms with Crippen molar-refractivity contribution in [2.45, 2.75) is 6.18 Å².